The molecule has 0 aliphatic rings. The maximum Gasteiger partial charge on any atom is 0.286 e. The highest BCUT2D eigenvalue weighted by Crippen LogP contribution is 2.16. The molecular formula is C12H13FN4O3S2. The number of para-hydroxylation sites is 1. The van der Waals surface area contributed by atoms with E-state index in [-0.39, 0.29) is 23.0 Å². The second-order valence-corrected chi connectivity index (χ2v) is 7.32. The van der Waals surface area contributed by atoms with Crippen LogP contribution in [0.25, 0.3) is 0 Å². The molecule has 0 saturated heterocycles. The molecule has 0 aliphatic heterocycles. The highest BCUT2D eigenvalue weighted by Gasteiger charge is 2.15. The van der Waals surface area contributed by atoms with E-state index in [0.29, 0.717) is 5.01 Å². The lowest BCUT2D eigenvalue weighted by Crippen LogP contribution is -2.24. The second-order valence-electron chi connectivity index (χ2n) is 4.16. The molecule has 0 radical (unpaired) electrons. The first-order valence-electron chi connectivity index (χ1n) is 6.27. The van der Waals surface area contributed by atoms with E-state index in [1.807, 2.05) is 0 Å². The van der Waals surface area contributed by atoms with Crippen LogP contribution in [0, 0.1) is 5.82 Å². The predicted molar refractivity (Wildman–Crippen MR) is 80.6 cm³/mol. The normalized spacial score (nSPS) is 11.4. The van der Waals surface area contributed by atoms with Crippen molar-refractivity contribution in [2.75, 3.05) is 11.1 Å². The molecule has 1 aromatic carbocycles. The average Bonchev–Trinajstić information content (AvgIpc) is 2.97. The SMILES string of the molecule is CCS(=O)(=O)NCc1nnc(C(=O)Nc2ccccc2F)s1. The number of hydrogen-bond acceptors (Lipinski definition) is 6. The van der Waals surface area contributed by atoms with Gasteiger partial charge in [-0.1, -0.05) is 23.5 Å². The second kappa shape index (κ2) is 6.90. The van der Waals surface area contributed by atoms with Crippen molar-refractivity contribution in [3.63, 3.8) is 0 Å². The minimum atomic E-state index is -3.34. The van der Waals surface area contributed by atoms with Crippen LogP contribution in [0.15, 0.2) is 24.3 Å². The fraction of sp³-hybridized carbons (Fsp3) is 0.250. The number of carbonyl (C=O) groups is 1. The molecule has 0 saturated carbocycles. The van der Waals surface area contributed by atoms with Crippen LogP contribution < -0.4 is 10.0 Å². The van der Waals surface area contributed by atoms with Crippen molar-refractivity contribution in [2.24, 2.45) is 0 Å². The Bertz CT molecular complexity index is 776. The van der Waals surface area contributed by atoms with Gasteiger partial charge in [0.2, 0.25) is 15.0 Å². The molecule has 7 nitrogen and oxygen atoms in total. The first-order chi connectivity index (χ1) is 10.4. The number of benzene rings is 1. The summed E-state index contributed by atoms with van der Waals surface area (Å²) in [5.74, 6) is -1.21. The number of hydrogen-bond donors (Lipinski definition) is 2. The van der Waals surface area contributed by atoms with Gasteiger partial charge in [0.1, 0.15) is 10.8 Å². The van der Waals surface area contributed by atoms with E-state index in [0.717, 1.165) is 11.3 Å². The van der Waals surface area contributed by atoms with Gasteiger partial charge in [0, 0.05) is 0 Å². The molecule has 0 aliphatic carbocycles. The molecule has 2 N–H and O–H groups in total. The predicted octanol–water partition coefficient (Wildman–Crippen LogP) is 1.37. The quantitative estimate of drug-likeness (QED) is 0.824. The van der Waals surface area contributed by atoms with Crippen molar-refractivity contribution in [2.45, 2.75) is 13.5 Å². The Morgan fingerprint density at radius 2 is 2.05 bits per heavy atom. The molecule has 2 aromatic rings. The lowest BCUT2D eigenvalue weighted by molar-refractivity contribution is 0.102. The summed E-state index contributed by atoms with van der Waals surface area (Å²) in [7, 11) is -3.34. The van der Waals surface area contributed by atoms with Crippen molar-refractivity contribution >= 4 is 33.0 Å². The van der Waals surface area contributed by atoms with Crippen LogP contribution in [0.2, 0.25) is 0 Å². The Labute approximate surface area is 130 Å². The number of nitrogens with one attached hydrogen (secondary N) is 2. The highest BCUT2D eigenvalue weighted by atomic mass is 32.2. The Morgan fingerprint density at radius 3 is 2.73 bits per heavy atom. The molecule has 22 heavy (non-hydrogen) atoms. The summed E-state index contributed by atoms with van der Waals surface area (Å²) in [6.45, 7) is 1.47. The summed E-state index contributed by atoms with van der Waals surface area (Å²) in [4.78, 5) is 11.9. The summed E-state index contributed by atoms with van der Waals surface area (Å²) in [5.41, 5.74) is 0.0379. The van der Waals surface area contributed by atoms with Crippen molar-refractivity contribution in [3.8, 4) is 0 Å². The molecule has 0 spiro atoms. The zero-order valence-corrected chi connectivity index (χ0v) is 13.2. The zero-order chi connectivity index (χ0) is 16.2. The topological polar surface area (TPSA) is 101 Å². The third-order valence-electron chi connectivity index (χ3n) is 2.61. The summed E-state index contributed by atoms with van der Waals surface area (Å²) in [5, 5.41) is 10.1. The lowest BCUT2D eigenvalue weighted by Gasteiger charge is -2.03. The Morgan fingerprint density at radius 1 is 1.32 bits per heavy atom. The number of carbonyl (C=O) groups excluding carboxylic acids is 1. The van der Waals surface area contributed by atoms with Gasteiger partial charge >= 0.3 is 0 Å². The maximum absolute atomic E-state index is 13.4. The molecule has 0 atom stereocenters. The highest BCUT2D eigenvalue weighted by molar-refractivity contribution is 7.89. The van der Waals surface area contributed by atoms with Crippen LogP contribution in [0.4, 0.5) is 10.1 Å². The molecule has 1 aromatic heterocycles. The molecule has 1 amide bonds. The summed E-state index contributed by atoms with van der Waals surface area (Å²) < 4.78 is 38.4. The average molecular weight is 344 g/mol. The molecule has 0 bridgehead atoms. The Hall–Kier alpha value is -1.91. The number of nitrogens with zero attached hydrogens (tertiary/aromatic N) is 2. The molecule has 2 rings (SSSR count). The van der Waals surface area contributed by atoms with Gasteiger partial charge in [-0.05, 0) is 19.1 Å². The van der Waals surface area contributed by atoms with Gasteiger partial charge in [0.05, 0.1) is 18.0 Å². The van der Waals surface area contributed by atoms with Gasteiger partial charge < -0.3 is 5.32 Å². The van der Waals surface area contributed by atoms with E-state index >= 15 is 0 Å². The van der Waals surface area contributed by atoms with Crippen LogP contribution in [-0.4, -0.2) is 30.3 Å². The monoisotopic (exact) mass is 344 g/mol. The number of anilines is 1. The molecule has 118 valence electrons. The largest absolute Gasteiger partial charge is 0.317 e. The van der Waals surface area contributed by atoms with Crippen LogP contribution in [0.1, 0.15) is 21.7 Å². The number of sulfonamides is 1. The van der Waals surface area contributed by atoms with Crippen LogP contribution in [0.5, 0.6) is 0 Å². The van der Waals surface area contributed by atoms with E-state index in [1.54, 1.807) is 6.07 Å². The van der Waals surface area contributed by atoms with Crippen LogP contribution >= 0.6 is 11.3 Å². The van der Waals surface area contributed by atoms with E-state index < -0.39 is 21.7 Å². The van der Waals surface area contributed by atoms with Gasteiger partial charge in [-0.3, -0.25) is 4.79 Å². The van der Waals surface area contributed by atoms with Gasteiger partial charge in [0.25, 0.3) is 5.91 Å². The van der Waals surface area contributed by atoms with Crippen LogP contribution in [0.3, 0.4) is 0 Å². The molecule has 0 unspecified atom stereocenters. The maximum atomic E-state index is 13.4. The van der Waals surface area contributed by atoms with E-state index in [9.17, 15) is 17.6 Å². The summed E-state index contributed by atoms with van der Waals surface area (Å²) in [6.07, 6.45) is 0. The van der Waals surface area contributed by atoms with E-state index in [2.05, 4.69) is 20.2 Å². The summed E-state index contributed by atoms with van der Waals surface area (Å²) in [6, 6.07) is 5.74. The third kappa shape index (κ3) is 4.29. The standard InChI is InChI=1S/C12H13FN4O3S2/c1-2-22(19,20)14-7-10-16-17-12(21-10)11(18)15-9-6-4-3-5-8(9)13/h3-6,14H,2,7H2,1H3,(H,15,18). The molecule has 0 fully saturated rings. The fourth-order valence-electron chi connectivity index (χ4n) is 1.43. The van der Waals surface area contributed by atoms with Crippen molar-refractivity contribution in [1.82, 2.24) is 14.9 Å². The smallest absolute Gasteiger partial charge is 0.286 e. The van der Waals surface area contributed by atoms with Gasteiger partial charge in [-0.25, -0.2) is 17.5 Å². The number of halogens is 1. The van der Waals surface area contributed by atoms with Crippen molar-refractivity contribution in [3.05, 3.63) is 40.1 Å². The van der Waals surface area contributed by atoms with Crippen LogP contribution in [-0.2, 0) is 16.6 Å². The first kappa shape index (κ1) is 16.5. The number of rotatable bonds is 6. The Balaban J connectivity index is 2.02. The van der Waals surface area contributed by atoms with Gasteiger partial charge in [0.15, 0.2) is 0 Å². The molecule has 1 heterocycles. The fourth-order valence-corrected chi connectivity index (χ4v) is 2.76. The number of amides is 1. The van der Waals surface area contributed by atoms with E-state index in [4.69, 9.17) is 0 Å². The number of aromatic nitrogens is 2. The van der Waals surface area contributed by atoms with Crippen molar-refractivity contribution in [1.29, 1.82) is 0 Å². The lowest BCUT2D eigenvalue weighted by atomic mass is 10.3. The summed E-state index contributed by atoms with van der Waals surface area (Å²) >= 11 is 0.934. The minimum absolute atomic E-state index is 0.0222. The van der Waals surface area contributed by atoms with Gasteiger partial charge in [-0.2, -0.15) is 0 Å². The van der Waals surface area contributed by atoms with Crippen molar-refractivity contribution < 1.29 is 17.6 Å². The van der Waals surface area contributed by atoms with Gasteiger partial charge in [-0.15, -0.1) is 10.2 Å². The molecular weight excluding hydrogens is 331 g/mol. The van der Waals surface area contributed by atoms with E-state index in [1.165, 1.54) is 25.1 Å². The first-order valence-corrected chi connectivity index (χ1v) is 8.74. The zero-order valence-electron chi connectivity index (χ0n) is 11.5. The third-order valence-corrected chi connectivity index (χ3v) is 4.87. The molecule has 10 heteroatoms. The Kier molecular flexibility index (Phi) is 5.16. The minimum Gasteiger partial charge on any atom is -0.317 e.